The third-order valence-corrected chi connectivity index (χ3v) is 4.87. The van der Waals surface area contributed by atoms with Gasteiger partial charge in [0.15, 0.2) is 0 Å². The normalized spacial score (nSPS) is 15.9. The van der Waals surface area contributed by atoms with Crippen molar-refractivity contribution in [3.05, 3.63) is 22.4 Å². The lowest BCUT2D eigenvalue weighted by atomic mass is 10.2. The van der Waals surface area contributed by atoms with E-state index in [0.717, 1.165) is 39.0 Å². The molecule has 128 valence electrons. The van der Waals surface area contributed by atoms with Gasteiger partial charge in [-0.05, 0) is 38.1 Å². The molecule has 0 bridgehead atoms. The van der Waals surface area contributed by atoms with E-state index in [1.165, 1.54) is 4.88 Å². The van der Waals surface area contributed by atoms with Crippen LogP contribution < -0.4 is 5.32 Å². The standard InChI is InChI=1S/C17H27N3O2S/c1-14(2)18-16(21)13-19-8-10-20(11-9-19)17(22)7-3-5-15-6-4-12-23-15/h4,6,12,14H,3,5,7-11,13H2,1-2H3,(H,18,21). The van der Waals surface area contributed by atoms with Crippen molar-refractivity contribution < 1.29 is 9.59 Å². The molecule has 0 saturated carbocycles. The van der Waals surface area contributed by atoms with Gasteiger partial charge in [-0.15, -0.1) is 11.3 Å². The molecule has 5 nitrogen and oxygen atoms in total. The molecule has 1 aliphatic rings. The summed E-state index contributed by atoms with van der Waals surface area (Å²) in [7, 11) is 0. The minimum atomic E-state index is 0.0655. The molecule has 23 heavy (non-hydrogen) atoms. The maximum atomic E-state index is 12.2. The Labute approximate surface area is 142 Å². The molecule has 0 spiro atoms. The largest absolute Gasteiger partial charge is 0.353 e. The topological polar surface area (TPSA) is 52.7 Å². The van der Waals surface area contributed by atoms with Crippen molar-refractivity contribution in [3.63, 3.8) is 0 Å². The zero-order chi connectivity index (χ0) is 16.7. The van der Waals surface area contributed by atoms with Crippen LogP contribution in [0.2, 0.25) is 0 Å². The number of rotatable bonds is 7. The number of carbonyl (C=O) groups excluding carboxylic acids is 2. The van der Waals surface area contributed by atoms with E-state index in [1.54, 1.807) is 11.3 Å². The average Bonchev–Trinajstić information content (AvgIpc) is 3.00. The molecule has 0 atom stereocenters. The van der Waals surface area contributed by atoms with Crippen LogP contribution in [-0.2, 0) is 16.0 Å². The number of thiophene rings is 1. The first-order valence-corrected chi connectivity index (χ1v) is 9.24. The van der Waals surface area contributed by atoms with Gasteiger partial charge < -0.3 is 10.2 Å². The SMILES string of the molecule is CC(C)NC(=O)CN1CCN(C(=O)CCCc2cccs2)CC1. The quantitative estimate of drug-likeness (QED) is 0.824. The van der Waals surface area contributed by atoms with Crippen LogP contribution >= 0.6 is 11.3 Å². The molecule has 1 fully saturated rings. The fourth-order valence-corrected chi connectivity index (χ4v) is 3.50. The molecule has 1 aliphatic heterocycles. The van der Waals surface area contributed by atoms with Crippen molar-refractivity contribution in [2.75, 3.05) is 32.7 Å². The first kappa shape index (κ1) is 17.9. The Bertz CT molecular complexity index is 494. The van der Waals surface area contributed by atoms with Crippen molar-refractivity contribution in [2.24, 2.45) is 0 Å². The second-order valence-corrected chi connectivity index (χ2v) is 7.34. The highest BCUT2D eigenvalue weighted by molar-refractivity contribution is 7.09. The smallest absolute Gasteiger partial charge is 0.234 e. The summed E-state index contributed by atoms with van der Waals surface area (Å²) in [6, 6.07) is 4.35. The van der Waals surface area contributed by atoms with Crippen LogP contribution in [0.5, 0.6) is 0 Å². The minimum absolute atomic E-state index is 0.0655. The van der Waals surface area contributed by atoms with E-state index in [0.29, 0.717) is 13.0 Å². The second-order valence-electron chi connectivity index (χ2n) is 6.31. The molecule has 2 amide bonds. The van der Waals surface area contributed by atoms with Gasteiger partial charge in [-0.2, -0.15) is 0 Å². The molecule has 0 aromatic carbocycles. The van der Waals surface area contributed by atoms with E-state index >= 15 is 0 Å². The highest BCUT2D eigenvalue weighted by Gasteiger charge is 2.22. The number of hydrogen-bond acceptors (Lipinski definition) is 4. The van der Waals surface area contributed by atoms with E-state index in [-0.39, 0.29) is 17.9 Å². The van der Waals surface area contributed by atoms with E-state index in [1.807, 2.05) is 18.7 Å². The van der Waals surface area contributed by atoms with Crippen LogP contribution in [-0.4, -0.2) is 60.4 Å². The molecule has 0 unspecified atom stereocenters. The monoisotopic (exact) mass is 337 g/mol. The van der Waals surface area contributed by atoms with Crippen LogP contribution in [0.25, 0.3) is 0 Å². The predicted molar refractivity (Wildman–Crippen MR) is 93.6 cm³/mol. The number of aryl methyl sites for hydroxylation is 1. The van der Waals surface area contributed by atoms with Gasteiger partial charge in [0.25, 0.3) is 0 Å². The number of nitrogens with zero attached hydrogens (tertiary/aromatic N) is 2. The Hall–Kier alpha value is -1.40. The molecular weight excluding hydrogens is 310 g/mol. The van der Waals surface area contributed by atoms with Gasteiger partial charge in [0.2, 0.25) is 11.8 Å². The van der Waals surface area contributed by atoms with Crippen LogP contribution in [0.1, 0.15) is 31.6 Å². The predicted octanol–water partition coefficient (Wildman–Crippen LogP) is 1.74. The maximum Gasteiger partial charge on any atom is 0.234 e. The highest BCUT2D eigenvalue weighted by Crippen LogP contribution is 2.13. The summed E-state index contributed by atoms with van der Waals surface area (Å²) in [5.74, 6) is 0.309. The van der Waals surface area contributed by atoms with E-state index in [2.05, 4.69) is 27.7 Å². The van der Waals surface area contributed by atoms with E-state index < -0.39 is 0 Å². The average molecular weight is 337 g/mol. The molecule has 2 rings (SSSR count). The summed E-state index contributed by atoms with van der Waals surface area (Å²) in [4.78, 5) is 29.4. The molecule has 1 aromatic heterocycles. The Kier molecular flexibility index (Phi) is 7.05. The highest BCUT2D eigenvalue weighted by atomic mass is 32.1. The van der Waals surface area contributed by atoms with E-state index in [4.69, 9.17) is 0 Å². The van der Waals surface area contributed by atoms with Crippen molar-refractivity contribution in [1.29, 1.82) is 0 Å². The van der Waals surface area contributed by atoms with Gasteiger partial charge in [-0.1, -0.05) is 6.07 Å². The molecule has 1 N–H and O–H groups in total. The lowest BCUT2D eigenvalue weighted by molar-refractivity contribution is -0.133. The molecule has 1 aromatic rings. The summed E-state index contributed by atoms with van der Waals surface area (Å²) >= 11 is 1.75. The van der Waals surface area contributed by atoms with Crippen LogP contribution in [0.4, 0.5) is 0 Å². The zero-order valence-electron chi connectivity index (χ0n) is 14.1. The maximum absolute atomic E-state index is 12.2. The van der Waals surface area contributed by atoms with Gasteiger partial charge in [0.1, 0.15) is 0 Å². The van der Waals surface area contributed by atoms with Crippen molar-refractivity contribution in [3.8, 4) is 0 Å². The molecular formula is C17H27N3O2S. The number of carbonyl (C=O) groups is 2. The number of amides is 2. The number of piperazine rings is 1. The van der Waals surface area contributed by atoms with Gasteiger partial charge in [0, 0.05) is 43.5 Å². The molecule has 6 heteroatoms. The molecule has 1 saturated heterocycles. The Morgan fingerprint density at radius 1 is 1.26 bits per heavy atom. The summed E-state index contributed by atoms with van der Waals surface area (Å²) in [5.41, 5.74) is 0. The lowest BCUT2D eigenvalue weighted by Crippen LogP contribution is -2.51. The van der Waals surface area contributed by atoms with Gasteiger partial charge in [0.05, 0.1) is 6.54 Å². The minimum Gasteiger partial charge on any atom is -0.353 e. The Balaban J connectivity index is 1.63. The third-order valence-electron chi connectivity index (χ3n) is 3.94. The lowest BCUT2D eigenvalue weighted by Gasteiger charge is -2.34. The zero-order valence-corrected chi connectivity index (χ0v) is 14.9. The molecule has 2 heterocycles. The first-order chi connectivity index (χ1) is 11.0. The fourth-order valence-electron chi connectivity index (χ4n) is 2.75. The van der Waals surface area contributed by atoms with Crippen LogP contribution in [0, 0.1) is 0 Å². The van der Waals surface area contributed by atoms with Crippen molar-refractivity contribution >= 4 is 23.2 Å². The van der Waals surface area contributed by atoms with Crippen molar-refractivity contribution in [1.82, 2.24) is 15.1 Å². The van der Waals surface area contributed by atoms with Gasteiger partial charge in [-0.3, -0.25) is 14.5 Å². The summed E-state index contributed by atoms with van der Waals surface area (Å²) in [6.07, 6.45) is 2.51. The summed E-state index contributed by atoms with van der Waals surface area (Å²) in [6.45, 7) is 7.37. The Morgan fingerprint density at radius 2 is 2.00 bits per heavy atom. The van der Waals surface area contributed by atoms with E-state index in [9.17, 15) is 9.59 Å². The van der Waals surface area contributed by atoms with Gasteiger partial charge in [-0.25, -0.2) is 0 Å². The molecule has 0 aliphatic carbocycles. The number of hydrogen-bond donors (Lipinski definition) is 1. The van der Waals surface area contributed by atoms with Crippen LogP contribution in [0.3, 0.4) is 0 Å². The fraction of sp³-hybridized carbons (Fsp3) is 0.647. The first-order valence-electron chi connectivity index (χ1n) is 8.36. The Morgan fingerprint density at radius 3 is 2.61 bits per heavy atom. The number of nitrogens with one attached hydrogen (secondary N) is 1. The third kappa shape index (κ3) is 6.31. The van der Waals surface area contributed by atoms with Gasteiger partial charge >= 0.3 is 0 Å². The summed E-state index contributed by atoms with van der Waals surface area (Å²) < 4.78 is 0. The second kappa shape index (κ2) is 9.03. The van der Waals surface area contributed by atoms with Crippen LogP contribution in [0.15, 0.2) is 17.5 Å². The van der Waals surface area contributed by atoms with Crippen molar-refractivity contribution in [2.45, 2.75) is 39.2 Å². The molecule has 0 radical (unpaired) electrons. The summed E-state index contributed by atoms with van der Waals surface area (Å²) in [5, 5.41) is 4.98.